The summed E-state index contributed by atoms with van der Waals surface area (Å²) in [5.74, 6) is 0. The Bertz CT molecular complexity index is 1870. The molecule has 2 unspecified atom stereocenters. The highest BCUT2D eigenvalue weighted by Gasteiger charge is 2.36. The summed E-state index contributed by atoms with van der Waals surface area (Å²) in [4.78, 5) is 0.150. The quantitative estimate of drug-likeness (QED) is 0.178. The van der Waals surface area contributed by atoms with E-state index in [2.05, 4.69) is 20.7 Å². The van der Waals surface area contributed by atoms with Crippen molar-refractivity contribution in [1.82, 2.24) is 8.69 Å². The first-order chi connectivity index (χ1) is 19.7. The minimum Gasteiger partial charge on any atom is -0.376 e. The van der Waals surface area contributed by atoms with Gasteiger partial charge in [0.2, 0.25) is 10.0 Å². The van der Waals surface area contributed by atoms with Crippen LogP contribution in [0.5, 0.6) is 0 Å². The van der Waals surface area contributed by atoms with Crippen molar-refractivity contribution in [3.8, 4) is 0 Å². The van der Waals surface area contributed by atoms with E-state index < -0.39 is 32.2 Å². The molecule has 2 atom stereocenters. The molecular weight excluding hydrogens is 624 g/mol. The van der Waals surface area contributed by atoms with Crippen molar-refractivity contribution in [1.29, 1.82) is 0 Å². The second kappa shape index (κ2) is 11.9. The molecule has 0 aliphatic carbocycles. The highest BCUT2D eigenvalue weighted by Crippen LogP contribution is 2.41. The molecule has 0 aliphatic heterocycles. The topological polar surface area (TPSA) is 94.5 Å². The Morgan fingerprint density at radius 2 is 1.37 bits per heavy atom. The molecule has 10 heteroatoms. The van der Waals surface area contributed by atoms with Crippen LogP contribution >= 0.6 is 15.9 Å². The highest BCUT2D eigenvalue weighted by molar-refractivity contribution is 9.09. The zero-order valence-corrected chi connectivity index (χ0v) is 25.7. The Kier molecular flexibility index (Phi) is 8.49. The van der Waals surface area contributed by atoms with Gasteiger partial charge < -0.3 is 4.74 Å². The van der Waals surface area contributed by atoms with Gasteiger partial charge in [-0.05, 0) is 42.8 Å². The largest absolute Gasteiger partial charge is 0.376 e. The van der Waals surface area contributed by atoms with Crippen molar-refractivity contribution in [2.24, 2.45) is 0 Å². The minimum atomic E-state index is -4.19. The van der Waals surface area contributed by atoms with Gasteiger partial charge >= 0.3 is 0 Å². The maximum absolute atomic E-state index is 14.4. The molecule has 1 heterocycles. The average molecular weight is 654 g/mol. The lowest BCUT2D eigenvalue weighted by Crippen LogP contribution is -2.33. The van der Waals surface area contributed by atoms with E-state index >= 15 is 0 Å². The summed E-state index contributed by atoms with van der Waals surface area (Å²) in [6.07, 6.45) is -0.586. The van der Waals surface area contributed by atoms with E-state index in [0.717, 1.165) is 5.56 Å². The second-order valence-corrected chi connectivity index (χ2v) is 13.7. The summed E-state index contributed by atoms with van der Waals surface area (Å²) in [6, 6.07) is 29.6. The Morgan fingerprint density at radius 1 is 0.780 bits per heavy atom. The molecule has 0 fully saturated rings. The van der Waals surface area contributed by atoms with E-state index in [4.69, 9.17) is 4.74 Å². The number of rotatable bonds is 10. The number of nitrogens with one attached hydrogen (secondary N) is 1. The predicted octanol–water partition coefficient (Wildman–Crippen LogP) is 6.34. The average Bonchev–Trinajstić information content (AvgIpc) is 3.33. The molecule has 41 heavy (non-hydrogen) atoms. The number of para-hydroxylation sites is 1. The number of nitrogens with zero attached hydrogens (tertiary/aromatic N) is 1. The van der Waals surface area contributed by atoms with Crippen molar-refractivity contribution in [3.63, 3.8) is 0 Å². The molecular formula is C31H29BrN2O5S2. The third-order valence-corrected chi connectivity index (χ3v) is 10.7. The van der Waals surface area contributed by atoms with Crippen LogP contribution in [0.2, 0.25) is 0 Å². The van der Waals surface area contributed by atoms with Gasteiger partial charge in [0.05, 0.1) is 33.1 Å². The molecule has 1 aromatic heterocycles. The first-order valence-electron chi connectivity index (χ1n) is 12.9. The predicted molar refractivity (Wildman–Crippen MR) is 164 cm³/mol. The van der Waals surface area contributed by atoms with E-state index in [0.29, 0.717) is 27.4 Å². The third kappa shape index (κ3) is 5.62. The maximum Gasteiger partial charge on any atom is 0.268 e. The van der Waals surface area contributed by atoms with Crippen LogP contribution in [-0.2, 0) is 24.8 Å². The molecule has 0 saturated carbocycles. The van der Waals surface area contributed by atoms with E-state index in [1.54, 1.807) is 73.8 Å². The van der Waals surface area contributed by atoms with Gasteiger partial charge in [0.1, 0.15) is 0 Å². The maximum atomic E-state index is 14.4. The second-order valence-electron chi connectivity index (χ2n) is 9.56. The van der Waals surface area contributed by atoms with E-state index in [1.165, 1.54) is 28.2 Å². The van der Waals surface area contributed by atoms with E-state index in [-0.39, 0.29) is 15.5 Å². The summed E-state index contributed by atoms with van der Waals surface area (Å²) in [6.45, 7) is 1.88. The van der Waals surface area contributed by atoms with Gasteiger partial charge in [-0.3, -0.25) is 0 Å². The number of alkyl halides is 1. The van der Waals surface area contributed by atoms with Gasteiger partial charge in [-0.1, -0.05) is 100 Å². The Balaban J connectivity index is 1.88. The van der Waals surface area contributed by atoms with Crippen LogP contribution in [0.15, 0.2) is 119 Å². The van der Waals surface area contributed by atoms with Crippen LogP contribution in [0.3, 0.4) is 0 Å². The molecule has 5 aromatic rings. The van der Waals surface area contributed by atoms with Crippen LogP contribution in [0, 0.1) is 6.92 Å². The van der Waals surface area contributed by atoms with Gasteiger partial charge in [-0.2, -0.15) is 4.72 Å². The fraction of sp³-hybridized carbons (Fsp3) is 0.161. The summed E-state index contributed by atoms with van der Waals surface area (Å²) >= 11 is 3.53. The molecule has 0 radical (unpaired) electrons. The number of sulfonamides is 1. The first-order valence-corrected chi connectivity index (χ1v) is 16.9. The van der Waals surface area contributed by atoms with Crippen LogP contribution in [0.4, 0.5) is 0 Å². The lowest BCUT2D eigenvalue weighted by atomic mass is 9.97. The monoisotopic (exact) mass is 652 g/mol. The van der Waals surface area contributed by atoms with Gasteiger partial charge in [0.15, 0.2) is 0 Å². The molecule has 0 amide bonds. The minimum absolute atomic E-state index is 0.0722. The lowest BCUT2D eigenvalue weighted by molar-refractivity contribution is 0.124. The number of aryl methyl sites for hydroxylation is 1. The number of ether oxygens (including phenoxy) is 1. The molecule has 1 N–H and O–H groups in total. The summed E-state index contributed by atoms with van der Waals surface area (Å²) in [7, 11) is -6.75. The summed E-state index contributed by atoms with van der Waals surface area (Å²) < 4.78 is 66.5. The van der Waals surface area contributed by atoms with E-state index in [9.17, 15) is 16.8 Å². The van der Waals surface area contributed by atoms with E-state index in [1.807, 2.05) is 25.1 Å². The first kappa shape index (κ1) is 29.2. The zero-order valence-electron chi connectivity index (χ0n) is 22.4. The molecule has 0 saturated heterocycles. The van der Waals surface area contributed by atoms with Gasteiger partial charge in [0, 0.05) is 23.4 Å². The lowest BCUT2D eigenvalue weighted by Gasteiger charge is -2.25. The Labute approximate surface area is 249 Å². The van der Waals surface area contributed by atoms with Crippen molar-refractivity contribution < 1.29 is 21.6 Å². The van der Waals surface area contributed by atoms with Crippen LogP contribution in [-0.4, -0.2) is 33.2 Å². The fourth-order valence-electron chi connectivity index (χ4n) is 4.95. The van der Waals surface area contributed by atoms with Crippen LogP contribution in [0.1, 0.15) is 34.5 Å². The summed E-state index contributed by atoms with van der Waals surface area (Å²) in [5, 5.41) is 0.992. The van der Waals surface area contributed by atoms with Crippen molar-refractivity contribution in [3.05, 3.63) is 132 Å². The zero-order chi connectivity index (χ0) is 29.2. The molecule has 0 spiro atoms. The number of hydrogen-bond acceptors (Lipinski definition) is 5. The van der Waals surface area contributed by atoms with Crippen LogP contribution in [0.25, 0.3) is 10.9 Å². The number of fused-ring (bicyclic) bond motifs is 1. The number of methoxy groups -OCH3 is 1. The molecule has 212 valence electrons. The molecule has 4 aromatic carbocycles. The van der Waals surface area contributed by atoms with Gasteiger partial charge in [0.25, 0.3) is 10.0 Å². The number of hydrogen-bond donors (Lipinski definition) is 1. The number of aromatic nitrogens is 1. The molecule has 0 bridgehead atoms. The van der Waals surface area contributed by atoms with Crippen molar-refractivity contribution in [2.45, 2.75) is 28.9 Å². The normalized spacial score (nSPS) is 13.7. The highest BCUT2D eigenvalue weighted by atomic mass is 79.9. The van der Waals surface area contributed by atoms with Gasteiger partial charge in [-0.15, -0.1) is 0 Å². The number of halogens is 1. The van der Waals surface area contributed by atoms with Crippen molar-refractivity contribution in [2.75, 3.05) is 12.4 Å². The third-order valence-electron chi connectivity index (χ3n) is 6.95. The Hall–Kier alpha value is -3.28. The molecule has 5 rings (SSSR count). The molecule has 7 nitrogen and oxygen atoms in total. The summed E-state index contributed by atoms with van der Waals surface area (Å²) in [5.41, 5.74) is 2.73. The van der Waals surface area contributed by atoms with Gasteiger partial charge in [-0.25, -0.2) is 20.8 Å². The molecule has 0 aliphatic rings. The van der Waals surface area contributed by atoms with Crippen molar-refractivity contribution >= 4 is 46.9 Å². The number of benzene rings is 4. The SMILES string of the molecule is COC(CBr)c1c(C(NS(=O)(=O)c2ccc(C)cc2)c2ccccc2)n(S(=O)(=O)c2ccccc2)c2ccccc12. The fourth-order valence-corrected chi connectivity index (χ4v) is 8.32. The van der Waals surface area contributed by atoms with Crippen LogP contribution < -0.4 is 4.72 Å². The standard InChI is InChI=1S/C31H29BrN2O5S2/c1-22-17-19-24(20-18-22)40(35,36)33-30(23-11-5-3-6-12-23)31-29(28(21-32)39-2)26-15-9-10-16-27(26)34(31)41(37,38)25-13-7-4-8-14-25/h3-20,28,30,33H,21H2,1-2H3. The Morgan fingerprint density at radius 3 is 1.98 bits per heavy atom. The smallest absolute Gasteiger partial charge is 0.268 e.